The Labute approximate surface area is 106 Å². The summed E-state index contributed by atoms with van der Waals surface area (Å²) in [5, 5.41) is 6.79. The first kappa shape index (κ1) is 13.9. The van der Waals surface area contributed by atoms with Crippen molar-refractivity contribution in [2.45, 2.75) is 46.1 Å². The third-order valence-corrected chi connectivity index (χ3v) is 2.64. The summed E-state index contributed by atoms with van der Waals surface area (Å²) in [5.41, 5.74) is -0.171. The van der Waals surface area contributed by atoms with Gasteiger partial charge in [-0.3, -0.25) is 4.79 Å². The molecule has 0 aliphatic carbocycles. The molecule has 0 bridgehead atoms. The van der Waals surface area contributed by atoms with Crippen molar-refractivity contribution < 1.29 is 4.79 Å². The second-order valence-electron chi connectivity index (χ2n) is 4.84. The van der Waals surface area contributed by atoms with Crippen molar-refractivity contribution in [3.63, 3.8) is 0 Å². The van der Waals surface area contributed by atoms with E-state index in [1.165, 1.54) is 11.5 Å². The van der Waals surface area contributed by atoms with Crippen LogP contribution in [0.1, 0.15) is 39.9 Å². The molecule has 0 saturated heterocycles. The summed E-state index contributed by atoms with van der Waals surface area (Å²) < 4.78 is 4.16. The predicted octanol–water partition coefficient (Wildman–Crippen LogP) is 1.82. The molecular weight excluding hydrogens is 236 g/mol. The number of carbonyl (C=O) groups is 1. The largest absolute Gasteiger partial charge is 0.360 e. The third-order valence-electron chi connectivity index (χ3n) is 1.93. The Balaban J connectivity index is 2.26. The van der Waals surface area contributed by atoms with Crippen LogP contribution in [0, 0.1) is 0 Å². The Morgan fingerprint density at radius 2 is 2.12 bits per heavy atom. The van der Waals surface area contributed by atoms with E-state index in [1.54, 1.807) is 0 Å². The molecule has 5 nitrogen and oxygen atoms in total. The molecule has 1 amide bonds. The highest BCUT2D eigenvalue weighted by Crippen LogP contribution is 2.10. The van der Waals surface area contributed by atoms with Crippen LogP contribution in [-0.4, -0.2) is 27.3 Å². The van der Waals surface area contributed by atoms with E-state index in [2.05, 4.69) is 20.0 Å². The molecule has 96 valence electrons. The van der Waals surface area contributed by atoms with E-state index in [0.29, 0.717) is 13.0 Å². The van der Waals surface area contributed by atoms with Gasteiger partial charge in [0.15, 0.2) is 0 Å². The molecule has 0 atom stereocenters. The van der Waals surface area contributed by atoms with Gasteiger partial charge in [0.25, 0.3) is 0 Å². The molecule has 0 spiro atoms. The Hall–Kier alpha value is -1.17. The van der Waals surface area contributed by atoms with Crippen LogP contribution < -0.4 is 10.6 Å². The molecule has 1 heterocycles. The van der Waals surface area contributed by atoms with Gasteiger partial charge < -0.3 is 10.6 Å². The van der Waals surface area contributed by atoms with Crippen LogP contribution in [0.5, 0.6) is 0 Å². The first-order valence-electron chi connectivity index (χ1n) is 5.78. The zero-order chi connectivity index (χ0) is 12.9. The first-order valence-corrected chi connectivity index (χ1v) is 6.55. The van der Waals surface area contributed by atoms with Crippen molar-refractivity contribution >= 4 is 22.6 Å². The van der Waals surface area contributed by atoms with Crippen LogP contribution in [0.3, 0.4) is 0 Å². The minimum atomic E-state index is -0.171. The van der Waals surface area contributed by atoms with Gasteiger partial charge in [-0.2, -0.15) is 4.37 Å². The molecule has 0 aliphatic rings. The maximum Gasteiger partial charge on any atom is 0.222 e. The second kappa shape index (κ2) is 5.95. The van der Waals surface area contributed by atoms with E-state index in [4.69, 9.17) is 0 Å². The molecule has 0 radical (unpaired) electrons. The Kier molecular flexibility index (Phi) is 4.86. The topological polar surface area (TPSA) is 66.9 Å². The van der Waals surface area contributed by atoms with E-state index in [9.17, 15) is 4.79 Å². The number of hydrogen-bond acceptors (Lipinski definition) is 5. The number of nitrogens with zero attached hydrogens (tertiary/aromatic N) is 2. The fourth-order valence-electron chi connectivity index (χ4n) is 1.23. The lowest BCUT2D eigenvalue weighted by molar-refractivity contribution is -0.122. The molecule has 0 aliphatic heterocycles. The zero-order valence-corrected chi connectivity index (χ0v) is 11.6. The lowest BCUT2D eigenvalue weighted by atomic mass is 10.1. The van der Waals surface area contributed by atoms with Crippen molar-refractivity contribution in [3.05, 3.63) is 5.82 Å². The summed E-state index contributed by atoms with van der Waals surface area (Å²) in [5.74, 6) is 0.891. The van der Waals surface area contributed by atoms with Gasteiger partial charge in [-0.05, 0) is 20.8 Å². The predicted molar refractivity (Wildman–Crippen MR) is 70.3 cm³/mol. The fourth-order valence-corrected chi connectivity index (χ4v) is 1.91. The lowest BCUT2D eigenvalue weighted by Crippen LogP contribution is -2.41. The average Bonchev–Trinajstić information content (AvgIpc) is 2.63. The number of amides is 1. The normalized spacial score (nSPS) is 11.3. The molecule has 0 aromatic carbocycles. The van der Waals surface area contributed by atoms with Crippen LogP contribution in [0.15, 0.2) is 0 Å². The SMILES string of the molecule is CCc1nsc(NCCC(=O)NC(C)(C)C)n1. The monoisotopic (exact) mass is 256 g/mol. The van der Waals surface area contributed by atoms with Crippen molar-refractivity contribution in [2.24, 2.45) is 0 Å². The number of rotatable bonds is 5. The number of carbonyl (C=O) groups excluding carboxylic acids is 1. The van der Waals surface area contributed by atoms with Crippen LogP contribution in [0.2, 0.25) is 0 Å². The van der Waals surface area contributed by atoms with E-state index < -0.39 is 0 Å². The van der Waals surface area contributed by atoms with E-state index in [1.807, 2.05) is 27.7 Å². The van der Waals surface area contributed by atoms with Gasteiger partial charge in [-0.1, -0.05) is 6.92 Å². The van der Waals surface area contributed by atoms with E-state index >= 15 is 0 Å². The molecule has 17 heavy (non-hydrogen) atoms. The molecule has 1 aromatic rings. The Morgan fingerprint density at radius 3 is 2.65 bits per heavy atom. The van der Waals surface area contributed by atoms with Crippen molar-refractivity contribution in [1.29, 1.82) is 0 Å². The maximum atomic E-state index is 11.5. The summed E-state index contributed by atoms with van der Waals surface area (Å²) in [7, 11) is 0. The van der Waals surface area contributed by atoms with E-state index in [0.717, 1.165) is 17.4 Å². The molecule has 1 aromatic heterocycles. The number of nitrogens with one attached hydrogen (secondary N) is 2. The number of anilines is 1. The smallest absolute Gasteiger partial charge is 0.222 e. The fraction of sp³-hybridized carbons (Fsp3) is 0.727. The van der Waals surface area contributed by atoms with Crippen molar-refractivity contribution in [3.8, 4) is 0 Å². The molecule has 1 rings (SSSR count). The minimum Gasteiger partial charge on any atom is -0.360 e. The highest BCUT2D eigenvalue weighted by atomic mass is 32.1. The van der Waals surface area contributed by atoms with Gasteiger partial charge >= 0.3 is 0 Å². The molecule has 0 fully saturated rings. The van der Waals surface area contributed by atoms with Crippen LogP contribution >= 0.6 is 11.5 Å². The number of aromatic nitrogens is 2. The molecule has 0 saturated carbocycles. The number of aryl methyl sites for hydroxylation is 1. The summed E-state index contributed by atoms with van der Waals surface area (Å²) in [4.78, 5) is 15.8. The molecular formula is C11H20N4OS. The minimum absolute atomic E-state index is 0.0465. The summed E-state index contributed by atoms with van der Waals surface area (Å²) in [6, 6.07) is 0. The van der Waals surface area contributed by atoms with E-state index in [-0.39, 0.29) is 11.4 Å². The number of hydrogen-bond donors (Lipinski definition) is 2. The van der Waals surface area contributed by atoms with Crippen LogP contribution in [0.25, 0.3) is 0 Å². The summed E-state index contributed by atoms with van der Waals surface area (Å²) in [6.45, 7) is 8.51. The van der Waals surface area contributed by atoms with Gasteiger partial charge in [-0.25, -0.2) is 4.98 Å². The summed E-state index contributed by atoms with van der Waals surface area (Å²) in [6.07, 6.45) is 1.28. The highest BCUT2D eigenvalue weighted by Gasteiger charge is 2.13. The lowest BCUT2D eigenvalue weighted by Gasteiger charge is -2.20. The van der Waals surface area contributed by atoms with Gasteiger partial charge in [-0.15, -0.1) is 0 Å². The Bertz CT molecular complexity index is 370. The Morgan fingerprint density at radius 1 is 1.41 bits per heavy atom. The van der Waals surface area contributed by atoms with Crippen LogP contribution in [-0.2, 0) is 11.2 Å². The quantitative estimate of drug-likeness (QED) is 0.843. The van der Waals surface area contributed by atoms with Crippen molar-refractivity contribution in [2.75, 3.05) is 11.9 Å². The van der Waals surface area contributed by atoms with Gasteiger partial charge in [0, 0.05) is 36.5 Å². The van der Waals surface area contributed by atoms with Crippen LogP contribution in [0.4, 0.5) is 5.13 Å². The van der Waals surface area contributed by atoms with Gasteiger partial charge in [0.2, 0.25) is 11.0 Å². The third kappa shape index (κ3) is 5.63. The standard InChI is InChI=1S/C11H20N4OS/c1-5-8-13-10(17-15-8)12-7-6-9(16)14-11(2,3)4/h5-7H2,1-4H3,(H,14,16)(H,12,13,15). The average molecular weight is 256 g/mol. The molecule has 0 unspecified atom stereocenters. The van der Waals surface area contributed by atoms with Gasteiger partial charge in [0.05, 0.1) is 0 Å². The van der Waals surface area contributed by atoms with Crippen molar-refractivity contribution in [1.82, 2.24) is 14.7 Å². The zero-order valence-electron chi connectivity index (χ0n) is 10.8. The molecule has 6 heteroatoms. The molecule has 2 N–H and O–H groups in total. The first-order chi connectivity index (χ1) is 7.90. The second-order valence-corrected chi connectivity index (χ2v) is 5.60. The summed E-state index contributed by atoms with van der Waals surface area (Å²) >= 11 is 1.34. The van der Waals surface area contributed by atoms with Gasteiger partial charge in [0.1, 0.15) is 5.82 Å². The highest BCUT2D eigenvalue weighted by molar-refractivity contribution is 7.09. The maximum absolute atomic E-state index is 11.5.